The number of rotatable bonds is 4. The monoisotopic (exact) mass is 276 g/mol. The van der Waals surface area contributed by atoms with Crippen molar-refractivity contribution in [1.82, 2.24) is 5.32 Å². The SMILES string of the molecule is COCC(=O)N=C1C=CC2C(COC)=CC(=O)NC2=C1. The Bertz CT molecular complexity index is 543. The van der Waals surface area contributed by atoms with Crippen LogP contribution >= 0.6 is 0 Å². The van der Waals surface area contributed by atoms with E-state index in [1.807, 2.05) is 6.08 Å². The summed E-state index contributed by atoms with van der Waals surface area (Å²) in [6, 6.07) is 0. The van der Waals surface area contributed by atoms with E-state index in [1.165, 1.54) is 13.2 Å². The fourth-order valence-corrected chi connectivity index (χ4v) is 2.14. The molecule has 1 unspecified atom stereocenters. The van der Waals surface area contributed by atoms with E-state index in [0.717, 1.165) is 5.57 Å². The van der Waals surface area contributed by atoms with Crippen LogP contribution in [0.25, 0.3) is 0 Å². The highest BCUT2D eigenvalue weighted by molar-refractivity contribution is 6.11. The Kier molecular flexibility index (Phi) is 4.60. The highest BCUT2D eigenvalue weighted by atomic mass is 16.5. The van der Waals surface area contributed by atoms with Gasteiger partial charge in [-0.15, -0.1) is 0 Å². The summed E-state index contributed by atoms with van der Waals surface area (Å²) in [6.07, 6.45) is 6.87. The molecule has 0 saturated heterocycles. The van der Waals surface area contributed by atoms with Gasteiger partial charge in [0.2, 0.25) is 5.91 Å². The molecule has 2 rings (SSSR count). The van der Waals surface area contributed by atoms with Crippen molar-refractivity contribution in [3.8, 4) is 0 Å². The number of allylic oxidation sites excluding steroid dienone is 3. The number of fused-ring (bicyclic) bond motifs is 1. The Balaban J connectivity index is 2.22. The first-order valence-corrected chi connectivity index (χ1v) is 6.14. The van der Waals surface area contributed by atoms with Gasteiger partial charge < -0.3 is 14.8 Å². The van der Waals surface area contributed by atoms with Gasteiger partial charge in [-0.1, -0.05) is 6.08 Å². The van der Waals surface area contributed by atoms with Gasteiger partial charge in [-0.3, -0.25) is 9.59 Å². The van der Waals surface area contributed by atoms with Crippen molar-refractivity contribution < 1.29 is 19.1 Å². The van der Waals surface area contributed by atoms with Gasteiger partial charge in [0.1, 0.15) is 6.61 Å². The maximum atomic E-state index is 11.6. The molecule has 6 nitrogen and oxygen atoms in total. The molecule has 0 radical (unpaired) electrons. The predicted molar refractivity (Wildman–Crippen MR) is 73.1 cm³/mol. The third-order valence-electron chi connectivity index (χ3n) is 2.91. The Labute approximate surface area is 116 Å². The topological polar surface area (TPSA) is 77.0 Å². The summed E-state index contributed by atoms with van der Waals surface area (Å²) in [6.45, 7) is 0.319. The number of nitrogens with one attached hydrogen (secondary N) is 1. The van der Waals surface area contributed by atoms with Gasteiger partial charge in [0.15, 0.2) is 0 Å². The average Bonchev–Trinajstić information content (AvgIpc) is 2.38. The minimum absolute atomic E-state index is 0.0378. The summed E-state index contributed by atoms with van der Waals surface area (Å²) in [7, 11) is 3.02. The number of hydrogen-bond donors (Lipinski definition) is 1. The molecular formula is C14H16N2O4. The number of hydrogen-bond acceptors (Lipinski definition) is 4. The van der Waals surface area contributed by atoms with Gasteiger partial charge in [-0.25, -0.2) is 4.99 Å². The molecule has 0 saturated carbocycles. The van der Waals surface area contributed by atoms with Crippen molar-refractivity contribution in [3.63, 3.8) is 0 Å². The van der Waals surface area contributed by atoms with E-state index in [-0.39, 0.29) is 24.3 Å². The van der Waals surface area contributed by atoms with Gasteiger partial charge in [-0.05, 0) is 17.7 Å². The van der Waals surface area contributed by atoms with Crippen LogP contribution in [0.5, 0.6) is 0 Å². The molecule has 0 aromatic rings. The average molecular weight is 276 g/mol. The van der Waals surface area contributed by atoms with Crippen molar-refractivity contribution in [2.24, 2.45) is 10.9 Å². The second-order valence-electron chi connectivity index (χ2n) is 4.44. The lowest BCUT2D eigenvalue weighted by molar-refractivity contribution is -0.121. The van der Waals surface area contributed by atoms with Gasteiger partial charge in [-0.2, -0.15) is 0 Å². The van der Waals surface area contributed by atoms with Crippen LogP contribution in [-0.2, 0) is 19.1 Å². The lowest BCUT2D eigenvalue weighted by atomic mass is 9.88. The maximum Gasteiger partial charge on any atom is 0.272 e. The zero-order chi connectivity index (χ0) is 14.5. The molecule has 0 spiro atoms. The number of carbonyl (C=O) groups excluding carboxylic acids is 2. The molecule has 6 heteroatoms. The van der Waals surface area contributed by atoms with E-state index in [9.17, 15) is 9.59 Å². The Morgan fingerprint density at radius 1 is 1.35 bits per heavy atom. The van der Waals surface area contributed by atoms with Crippen molar-refractivity contribution in [2.45, 2.75) is 0 Å². The van der Waals surface area contributed by atoms with E-state index in [0.29, 0.717) is 18.0 Å². The fourth-order valence-electron chi connectivity index (χ4n) is 2.14. The maximum absolute atomic E-state index is 11.6. The van der Waals surface area contributed by atoms with Crippen LogP contribution in [0, 0.1) is 5.92 Å². The predicted octanol–water partition coefficient (Wildman–Crippen LogP) is 0.373. The summed E-state index contributed by atoms with van der Waals surface area (Å²) in [4.78, 5) is 26.9. The van der Waals surface area contributed by atoms with Crippen LogP contribution in [0.15, 0.2) is 40.6 Å². The molecule has 20 heavy (non-hydrogen) atoms. The molecule has 2 amide bonds. The van der Waals surface area contributed by atoms with Crippen molar-refractivity contribution in [3.05, 3.63) is 35.6 Å². The Morgan fingerprint density at radius 2 is 2.15 bits per heavy atom. The van der Waals surface area contributed by atoms with E-state index < -0.39 is 0 Å². The molecule has 0 aromatic heterocycles. The van der Waals surface area contributed by atoms with Gasteiger partial charge >= 0.3 is 0 Å². The molecule has 106 valence electrons. The zero-order valence-corrected chi connectivity index (χ0v) is 11.4. The minimum Gasteiger partial charge on any atom is -0.380 e. The number of methoxy groups -OCH3 is 2. The van der Waals surface area contributed by atoms with Crippen molar-refractivity contribution in [1.29, 1.82) is 0 Å². The number of ether oxygens (including phenoxy) is 2. The molecule has 1 atom stereocenters. The van der Waals surface area contributed by atoms with Gasteiger partial charge in [0.05, 0.1) is 12.3 Å². The molecule has 1 N–H and O–H groups in total. The van der Waals surface area contributed by atoms with Gasteiger partial charge in [0, 0.05) is 31.9 Å². The fraction of sp³-hybridized carbons (Fsp3) is 0.357. The van der Waals surface area contributed by atoms with E-state index in [4.69, 9.17) is 9.47 Å². The highest BCUT2D eigenvalue weighted by Gasteiger charge is 2.26. The molecule has 0 aromatic carbocycles. The number of nitrogens with zero attached hydrogens (tertiary/aromatic N) is 1. The third-order valence-corrected chi connectivity index (χ3v) is 2.91. The summed E-state index contributed by atoms with van der Waals surface area (Å²) >= 11 is 0. The molecule has 0 bridgehead atoms. The zero-order valence-electron chi connectivity index (χ0n) is 11.4. The Morgan fingerprint density at radius 3 is 2.85 bits per heavy atom. The standard InChI is InChI=1S/C14H16N2O4/c1-19-7-9-5-13(17)16-12-6-10(3-4-11(9)12)15-14(18)8-20-2/h3-6,11H,7-8H2,1-2H3,(H,16,17). The Hall–Kier alpha value is -2.05. The molecule has 1 aliphatic heterocycles. The van der Waals surface area contributed by atoms with E-state index in [1.54, 1.807) is 19.3 Å². The molecule has 1 aliphatic carbocycles. The molecule has 1 heterocycles. The first kappa shape index (κ1) is 14.4. The summed E-state index contributed by atoms with van der Waals surface area (Å²) in [5, 5.41) is 2.76. The second kappa shape index (κ2) is 6.40. The summed E-state index contributed by atoms with van der Waals surface area (Å²) in [5.41, 5.74) is 2.08. The smallest absolute Gasteiger partial charge is 0.272 e. The minimum atomic E-state index is -0.364. The second-order valence-corrected chi connectivity index (χ2v) is 4.44. The quantitative estimate of drug-likeness (QED) is 0.805. The lowest BCUT2D eigenvalue weighted by Gasteiger charge is -2.27. The number of amides is 2. The van der Waals surface area contributed by atoms with Crippen LogP contribution in [0.1, 0.15) is 0 Å². The van der Waals surface area contributed by atoms with Crippen LogP contribution in [0.3, 0.4) is 0 Å². The van der Waals surface area contributed by atoms with Crippen LogP contribution in [-0.4, -0.2) is 45.0 Å². The molecule has 0 fully saturated rings. The lowest BCUT2D eigenvalue weighted by Crippen LogP contribution is -2.34. The normalized spacial score (nSPS) is 23.0. The van der Waals surface area contributed by atoms with E-state index in [2.05, 4.69) is 10.3 Å². The highest BCUT2D eigenvalue weighted by Crippen LogP contribution is 2.27. The van der Waals surface area contributed by atoms with E-state index >= 15 is 0 Å². The summed E-state index contributed by atoms with van der Waals surface area (Å²) < 4.78 is 9.81. The first-order valence-electron chi connectivity index (χ1n) is 6.14. The molecular weight excluding hydrogens is 260 g/mol. The molecule has 2 aliphatic rings. The summed E-state index contributed by atoms with van der Waals surface area (Å²) in [5.74, 6) is -0.598. The van der Waals surface area contributed by atoms with Crippen molar-refractivity contribution in [2.75, 3.05) is 27.4 Å². The van der Waals surface area contributed by atoms with Crippen LogP contribution < -0.4 is 5.32 Å². The largest absolute Gasteiger partial charge is 0.380 e. The number of aliphatic imine (C=N–C) groups is 1. The first-order chi connectivity index (χ1) is 9.63. The number of carbonyl (C=O) groups is 2. The third kappa shape index (κ3) is 3.28. The van der Waals surface area contributed by atoms with Crippen molar-refractivity contribution >= 4 is 17.5 Å². The van der Waals surface area contributed by atoms with Crippen LogP contribution in [0.4, 0.5) is 0 Å². The van der Waals surface area contributed by atoms with Crippen LogP contribution in [0.2, 0.25) is 0 Å². The van der Waals surface area contributed by atoms with Gasteiger partial charge in [0.25, 0.3) is 5.91 Å².